The van der Waals surface area contributed by atoms with Crippen molar-refractivity contribution < 1.29 is 17.9 Å². The largest absolute Gasteiger partial charge is 0.383 e. The van der Waals surface area contributed by atoms with Gasteiger partial charge in [-0.2, -0.15) is 0 Å². The zero-order valence-electron chi connectivity index (χ0n) is 9.64. The standard InChI is InChI=1S/C10H13BrN2O4S/c1-17-3-2-13-18(15,16)9-5-7(10(12)14)4-8(11)6-9/h4-6,13H,2-3H2,1H3,(H2,12,14). The van der Waals surface area contributed by atoms with Gasteiger partial charge in [0.25, 0.3) is 0 Å². The molecule has 0 aliphatic carbocycles. The number of hydrogen-bond donors (Lipinski definition) is 2. The van der Waals surface area contributed by atoms with Gasteiger partial charge in [0.05, 0.1) is 11.5 Å². The Morgan fingerprint density at radius 2 is 2.11 bits per heavy atom. The Morgan fingerprint density at radius 1 is 1.44 bits per heavy atom. The number of carbonyl (C=O) groups is 1. The molecule has 0 heterocycles. The highest BCUT2D eigenvalue weighted by Crippen LogP contribution is 2.19. The van der Waals surface area contributed by atoms with Crippen LogP contribution in [0.2, 0.25) is 0 Å². The summed E-state index contributed by atoms with van der Waals surface area (Å²) in [5.74, 6) is -0.690. The summed E-state index contributed by atoms with van der Waals surface area (Å²) in [5.41, 5.74) is 5.24. The zero-order valence-corrected chi connectivity index (χ0v) is 12.0. The van der Waals surface area contributed by atoms with Crippen molar-refractivity contribution in [3.8, 4) is 0 Å². The summed E-state index contributed by atoms with van der Waals surface area (Å²) in [5, 5.41) is 0. The summed E-state index contributed by atoms with van der Waals surface area (Å²) in [6.45, 7) is 0.410. The first-order chi connectivity index (χ1) is 8.36. The number of nitrogens with one attached hydrogen (secondary N) is 1. The van der Waals surface area contributed by atoms with Crippen molar-refractivity contribution >= 4 is 31.9 Å². The molecule has 0 spiro atoms. The summed E-state index contributed by atoms with van der Waals surface area (Å²) < 4.78 is 31.3. The van der Waals surface area contributed by atoms with Crippen molar-refractivity contribution in [2.45, 2.75) is 4.90 Å². The van der Waals surface area contributed by atoms with E-state index in [4.69, 9.17) is 10.5 Å². The number of methoxy groups -OCH3 is 1. The molecule has 0 unspecified atom stereocenters. The lowest BCUT2D eigenvalue weighted by molar-refractivity contribution is 0.1000. The predicted molar refractivity (Wildman–Crippen MR) is 69.7 cm³/mol. The highest BCUT2D eigenvalue weighted by atomic mass is 79.9. The molecule has 0 radical (unpaired) electrons. The smallest absolute Gasteiger partial charge is 0.248 e. The molecule has 0 bridgehead atoms. The molecule has 0 atom stereocenters. The molecule has 3 N–H and O–H groups in total. The average Bonchev–Trinajstić information content (AvgIpc) is 2.28. The molecule has 6 nitrogen and oxygen atoms in total. The number of sulfonamides is 1. The second-order valence-corrected chi connectivity index (χ2v) is 6.11. The maximum atomic E-state index is 11.9. The predicted octanol–water partition coefficient (Wildman–Crippen LogP) is 0.473. The molecule has 1 aromatic carbocycles. The number of halogens is 1. The lowest BCUT2D eigenvalue weighted by Crippen LogP contribution is -2.27. The number of carbonyl (C=O) groups excluding carboxylic acids is 1. The average molecular weight is 337 g/mol. The van der Waals surface area contributed by atoms with Crippen LogP contribution in [-0.2, 0) is 14.8 Å². The van der Waals surface area contributed by atoms with Crippen molar-refractivity contribution in [3.63, 3.8) is 0 Å². The van der Waals surface area contributed by atoms with Crippen molar-refractivity contribution in [2.75, 3.05) is 20.3 Å². The number of amides is 1. The Balaban J connectivity index is 3.05. The molecule has 18 heavy (non-hydrogen) atoms. The maximum absolute atomic E-state index is 11.9. The second kappa shape index (κ2) is 6.28. The quantitative estimate of drug-likeness (QED) is 0.738. The Hall–Kier alpha value is -0.960. The highest BCUT2D eigenvalue weighted by molar-refractivity contribution is 9.10. The molecular weight excluding hydrogens is 324 g/mol. The Morgan fingerprint density at radius 3 is 2.67 bits per heavy atom. The zero-order chi connectivity index (χ0) is 13.8. The van der Waals surface area contributed by atoms with E-state index in [0.29, 0.717) is 4.47 Å². The minimum Gasteiger partial charge on any atom is -0.383 e. The number of rotatable bonds is 6. The molecule has 0 fully saturated rings. The number of primary amides is 1. The fourth-order valence-corrected chi connectivity index (χ4v) is 2.95. The van der Waals surface area contributed by atoms with Crippen LogP contribution in [0.3, 0.4) is 0 Å². The molecule has 100 valence electrons. The molecule has 1 rings (SSSR count). The number of benzene rings is 1. The molecule has 1 amide bonds. The van der Waals surface area contributed by atoms with Crippen LogP contribution >= 0.6 is 15.9 Å². The van der Waals surface area contributed by atoms with Crippen LogP contribution in [0.15, 0.2) is 27.6 Å². The van der Waals surface area contributed by atoms with Gasteiger partial charge >= 0.3 is 0 Å². The number of nitrogens with two attached hydrogens (primary N) is 1. The van der Waals surface area contributed by atoms with E-state index >= 15 is 0 Å². The highest BCUT2D eigenvalue weighted by Gasteiger charge is 2.16. The van der Waals surface area contributed by atoms with E-state index in [1.54, 1.807) is 0 Å². The third-order valence-electron chi connectivity index (χ3n) is 2.06. The van der Waals surface area contributed by atoms with E-state index in [9.17, 15) is 13.2 Å². The Kier molecular flexibility index (Phi) is 5.27. The molecule has 0 aliphatic rings. The van der Waals surface area contributed by atoms with E-state index in [-0.39, 0.29) is 23.6 Å². The van der Waals surface area contributed by atoms with Crippen molar-refractivity contribution in [3.05, 3.63) is 28.2 Å². The lowest BCUT2D eigenvalue weighted by Gasteiger charge is -2.08. The maximum Gasteiger partial charge on any atom is 0.248 e. The Bertz CT molecular complexity index is 545. The van der Waals surface area contributed by atoms with Crippen LogP contribution in [0.1, 0.15) is 10.4 Å². The third kappa shape index (κ3) is 4.05. The van der Waals surface area contributed by atoms with Gasteiger partial charge in [0.2, 0.25) is 15.9 Å². The van der Waals surface area contributed by atoms with Gasteiger partial charge in [-0.05, 0) is 18.2 Å². The molecule has 1 aromatic rings. The van der Waals surface area contributed by atoms with Gasteiger partial charge in [0.15, 0.2) is 0 Å². The van der Waals surface area contributed by atoms with Gasteiger partial charge in [-0.3, -0.25) is 4.79 Å². The van der Waals surface area contributed by atoms with Crippen LogP contribution in [0, 0.1) is 0 Å². The first-order valence-electron chi connectivity index (χ1n) is 4.96. The van der Waals surface area contributed by atoms with Crippen molar-refractivity contribution in [1.29, 1.82) is 0 Å². The summed E-state index contributed by atoms with van der Waals surface area (Å²) in [6, 6.07) is 4.07. The summed E-state index contributed by atoms with van der Waals surface area (Å²) >= 11 is 3.13. The lowest BCUT2D eigenvalue weighted by atomic mass is 10.2. The van der Waals surface area contributed by atoms with Crippen LogP contribution in [0.4, 0.5) is 0 Å². The summed E-state index contributed by atoms with van der Waals surface area (Å²) in [4.78, 5) is 11.0. The van der Waals surface area contributed by atoms with Crippen molar-refractivity contribution in [1.82, 2.24) is 4.72 Å². The van der Waals surface area contributed by atoms with Gasteiger partial charge in [0.1, 0.15) is 0 Å². The van der Waals surface area contributed by atoms with Gasteiger partial charge < -0.3 is 10.5 Å². The van der Waals surface area contributed by atoms with Crippen LogP contribution < -0.4 is 10.5 Å². The SMILES string of the molecule is COCCNS(=O)(=O)c1cc(Br)cc(C(N)=O)c1. The number of ether oxygens (including phenoxy) is 1. The third-order valence-corrected chi connectivity index (χ3v) is 3.96. The fourth-order valence-electron chi connectivity index (χ4n) is 1.22. The van der Waals surface area contributed by atoms with E-state index in [1.165, 1.54) is 25.3 Å². The molecule has 0 aliphatic heterocycles. The summed E-state index contributed by atoms with van der Waals surface area (Å²) in [6.07, 6.45) is 0. The molecule has 0 aromatic heterocycles. The van der Waals surface area contributed by atoms with E-state index < -0.39 is 15.9 Å². The monoisotopic (exact) mass is 336 g/mol. The normalized spacial score (nSPS) is 11.4. The molecular formula is C10H13BrN2O4S. The van der Waals surface area contributed by atoms with Crippen LogP contribution in [-0.4, -0.2) is 34.6 Å². The molecule has 0 saturated carbocycles. The van der Waals surface area contributed by atoms with Crippen molar-refractivity contribution in [2.24, 2.45) is 5.73 Å². The molecule has 0 saturated heterocycles. The van der Waals surface area contributed by atoms with E-state index in [0.717, 1.165) is 0 Å². The fraction of sp³-hybridized carbons (Fsp3) is 0.300. The molecule has 8 heteroatoms. The first-order valence-corrected chi connectivity index (χ1v) is 7.23. The van der Waals surface area contributed by atoms with E-state index in [1.807, 2.05) is 0 Å². The first kappa shape index (κ1) is 15.1. The summed E-state index contributed by atoms with van der Waals surface area (Å²) in [7, 11) is -2.21. The van der Waals surface area contributed by atoms with Crippen LogP contribution in [0.5, 0.6) is 0 Å². The van der Waals surface area contributed by atoms with Gasteiger partial charge in [-0.1, -0.05) is 15.9 Å². The van der Waals surface area contributed by atoms with Gasteiger partial charge in [0, 0.05) is 23.7 Å². The van der Waals surface area contributed by atoms with Gasteiger partial charge in [-0.25, -0.2) is 13.1 Å². The van der Waals surface area contributed by atoms with Crippen LogP contribution in [0.25, 0.3) is 0 Å². The Labute approximate surface area is 114 Å². The van der Waals surface area contributed by atoms with E-state index in [2.05, 4.69) is 20.7 Å². The topological polar surface area (TPSA) is 98.5 Å². The second-order valence-electron chi connectivity index (χ2n) is 3.43. The minimum atomic E-state index is -3.68. The van der Waals surface area contributed by atoms with Gasteiger partial charge in [-0.15, -0.1) is 0 Å². The number of hydrogen-bond acceptors (Lipinski definition) is 4. The minimum absolute atomic E-state index is 0.0261.